The van der Waals surface area contributed by atoms with Crippen molar-refractivity contribution in [3.8, 4) is 0 Å². The van der Waals surface area contributed by atoms with Gasteiger partial charge in [-0.15, -0.1) is 0 Å². The minimum Gasteiger partial charge on any atom is -0.361 e. The number of nitrogens with zero attached hydrogens (tertiary/aromatic N) is 4. The number of para-hydroxylation sites is 1. The fourth-order valence-corrected chi connectivity index (χ4v) is 4.67. The van der Waals surface area contributed by atoms with Gasteiger partial charge in [-0.3, -0.25) is 24.5 Å². The van der Waals surface area contributed by atoms with Crippen LogP contribution in [-0.4, -0.2) is 76.1 Å². The van der Waals surface area contributed by atoms with Gasteiger partial charge in [0.05, 0.1) is 16.9 Å². The predicted octanol–water partition coefficient (Wildman–Crippen LogP) is 3.58. The predicted molar refractivity (Wildman–Crippen MR) is 137 cm³/mol. The smallest absolute Gasteiger partial charge is 0.258 e. The Balaban J connectivity index is 1.28. The summed E-state index contributed by atoms with van der Waals surface area (Å²) in [6.45, 7) is 3.71. The topological polar surface area (TPSA) is 88.3 Å². The first-order valence-corrected chi connectivity index (χ1v) is 12.1. The number of carbonyl (C=O) groups is 2. The minimum absolute atomic E-state index is 0.0691. The van der Waals surface area contributed by atoms with Crippen LogP contribution in [0.1, 0.15) is 15.9 Å². The van der Waals surface area contributed by atoms with E-state index in [1.165, 1.54) is 10.5 Å². The highest BCUT2D eigenvalue weighted by Gasteiger charge is 2.27. The monoisotopic (exact) mass is 490 g/mol. The lowest BCUT2D eigenvalue weighted by Crippen LogP contribution is -2.52. The number of aromatic amines is 2. The fourth-order valence-electron chi connectivity index (χ4n) is 4.43. The number of benzene rings is 2. The van der Waals surface area contributed by atoms with Crippen LogP contribution >= 0.6 is 11.6 Å². The van der Waals surface area contributed by atoms with Crippen LogP contribution in [0.3, 0.4) is 0 Å². The molecule has 2 aromatic heterocycles. The lowest BCUT2D eigenvalue weighted by Gasteiger charge is -2.36. The van der Waals surface area contributed by atoms with E-state index >= 15 is 0 Å². The molecular formula is C26H27ClN6O2. The van der Waals surface area contributed by atoms with Crippen molar-refractivity contribution in [2.24, 2.45) is 0 Å². The lowest BCUT2D eigenvalue weighted by atomic mass is 10.1. The molecule has 2 N–H and O–H groups in total. The second-order valence-electron chi connectivity index (χ2n) is 8.70. The number of rotatable bonds is 7. The molecule has 0 spiro atoms. The number of hydrogen-bond donors (Lipinski definition) is 2. The van der Waals surface area contributed by atoms with Gasteiger partial charge in [-0.25, -0.2) is 0 Å². The molecule has 1 aliphatic rings. The van der Waals surface area contributed by atoms with E-state index in [0.717, 1.165) is 37.0 Å². The third-order valence-corrected chi connectivity index (χ3v) is 6.80. The number of aromatic nitrogens is 3. The Hall–Kier alpha value is -3.62. The standard InChI is InChI=1S/C26H27ClN6O2/c27-22-3-1-2-4-24(22)33(26(35)21-6-5-20-7-9-28-23(20)15-21)18-25(34)32-13-11-31(12-14-32)10-8-19-16-29-30-17-19/h1-7,9,15-17,28H,8,10-14,18H2,(H,29,30). The molecule has 0 aliphatic carbocycles. The molecule has 1 fully saturated rings. The number of piperazine rings is 1. The second kappa shape index (κ2) is 10.3. The third-order valence-electron chi connectivity index (χ3n) is 6.48. The molecule has 180 valence electrons. The van der Waals surface area contributed by atoms with Crippen molar-refractivity contribution in [3.05, 3.63) is 83.3 Å². The maximum absolute atomic E-state index is 13.6. The van der Waals surface area contributed by atoms with Crippen molar-refractivity contribution in [1.82, 2.24) is 25.0 Å². The van der Waals surface area contributed by atoms with E-state index in [-0.39, 0.29) is 18.4 Å². The molecule has 2 amide bonds. The normalized spacial score (nSPS) is 14.4. The van der Waals surface area contributed by atoms with Gasteiger partial charge >= 0.3 is 0 Å². The zero-order valence-electron chi connectivity index (χ0n) is 19.3. The maximum Gasteiger partial charge on any atom is 0.258 e. The van der Waals surface area contributed by atoms with Crippen LogP contribution in [0.2, 0.25) is 5.02 Å². The van der Waals surface area contributed by atoms with Gasteiger partial charge in [0.25, 0.3) is 5.91 Å². The fraction of sp³-hybridized carbons (Fsp3) is 0.269. The molecule has 0 radical (unpaired) electrons. The zero-order valence-corrected chi connectivity index (χ0v) is 20.0. The lowest BCUT2D eigenvalue weighted by molar-refractivity contribution is -0.131. The summed E-state index contributed by atoms with van der Waals surface area (Å²) in [5.74, 6) is -0.351. The van der Waals surface area contributed by atoms with E-state index in [1.54, 1.807) is 18.2 Å². The molecular weight excluding hydrogens is 464 g/mol. The number of fused-ring (bicyclic) bond motifs is 1. The number of carbonyl (C=O) groups excluding carboxylic acids is 2. The van der Waals surface area contributed by atoms with Gasteiger partial charge in [-0.05, 0) is 47.7 Å². The average molecular weight is 491 g/mol. The molecule has 1 saturated heterocycles. The van der Waals surface area contributed by atoms with Crippen LogP contribution in [0.25, 0.3) is 10.9 Å². The van der Waals surface area contributed by atoms with E-state index in [2.05, 4.69) is 20.1 Å². The van der Waals surface area contributed by atoms with Crippen LogP contribution in [0.15, 0.2) is 67.1 Å². The van der Waals surface area contributed by atoms with Crippen LogP contribution in [0.5, 0.6) is 0 Å². The highest BCUT2D eigenvalue weighted by molar-refractivity contribution is 6.34. The Morgan fingerprint density at radius 3 is 2.66 bits per heavy atom. The maximum atomic E-state index is 13.6. The van der Waals surface area contributed by atoms with E-state index < -0.39 is 0 Å². The summed E-state index contributed by atoms with van der Waals surface area (Å²) < 4.78 is 0. The molecule has 0 unspecified atom stereocenters. The first kappa shape index (κ1) is 23.1. The largest absolute Gasteiger partial charge is 0.361 e. The molecule has 0 atom stereocenters. The van der Waals surface area contributed by atoms with Gasteiger partial charge in [0.15, 0.2) is 0 Å². The van der Waals surface area contributed by atoms with Crippen molar-refractivity contribution >= 4 is 40.0 Å². The molecule has 3 heterocycles. The molecule has 0 saturated carbocycles. The second-order valence-corrected chi connectivity index (χ2v) is 9.11. The first-order valence-electron chi connectivity index (χ1n) is 11.7. The van der Waals surface area contributed by atoms with Crippen LogP contribution in [0.4, 0.5) is 5.69 Å². The number of nitrogens with one attached hydrogen (secondary N) is 2. The van der Waals surface area contributed by atoms with Crippen LogP contribution in [-0.2, 0) is 11.2 Å². The average Bonchev–Trinajstić information content (AvgIpc) is 3.58. The molecule has 4 aromatic rings. The highest BCUT2D eigenvalue weighted by Crippen LogP contribution is 2.27. The summed E-state index contributed by atoms with van der Waals surface area (Å²) in [5.41, 5.74) is 3.07. The SMILES string of the molecule is O=C(CN(C(=O)c1ccc2cc[nH]c2c1)c1ccccc1Cl)N1CCN(CCc2cn[nH]c2)CC1. The summed E-state index contributed by atoms with van der Waals surface area (Å²) in [6, 6.07) is 14.6. The molecule has 35 heavy (non-hydrogen) atoms. The van der Waals surface area contributed by atoms with Gasteiger partial charge < -0.3 is 9.88 Å². The van der Waals surface area contributed by atoms with Crippen molar-refractivity contribution in [3.63, 3.8) is 0 Å². The van der Waals surface area contributed by atoms with Crippen molar-refractivity contribution in [2.75, 3.05) is 44.2 Å². The number of anilines is 1. The molecule has 8 nitrogen and oxygen atoms in total. The molecule has 0 bridgehead atoms. The van der Waals surface area contributed by atoms with Crippen LogP contribution in [0, 0.1) is 0 Å². The summed E-state index contributed by atoms with van der Waals surface area (Å²) in [6.07, 6.45) is 6.51. The van der Waals surface area contributed by atoms with Gasteiger partial charge in [0.1, 0.15) is 6.54 Å². The molecule has 9 heteroatoms. The van der Waals surface area contributed by atoms with Gasteiger partial charge in [0, 0.05) is 56.2 Å². The van der Waals surface area contributed by atoms with Crippen molar-refractivity contribution in [2.45, 2.75) is 6.42 Å². The number of H-pyrrole nitrogens is 2. The van der Waals surface area contributed by atoms with E-state index in [9.17, 15) is 9.59 Å². The molecule has 5 rings (SSSR count). The first-order chi connectivity index (χ1) is 17.1. The summed E-state index contributed by atoms with van der Waals surface area (Å²) >= 11 is 6.46. The van der Waals surface area contributed by atoms with E-state index in [1.807, 2.05) is 53.8 Å². The number of amides is 2. The van der Waals surface area contributed by atoms with Gasteiger partial charge in [0.2, 0.25) is 5.91 Å². The molecule has 2 aromatic carbocycles. The van der Waals surface area contributed by atoms with E-state index in [4.69, 9.17) is 11.6 Å². The molecule has 1 aliphatic heterocycles. The summed E-state index contributed by atoms with van der Waals surface area (Å²) in [7, 11) is 0. The quantitative estimate of drug-likeness (QED) is 0.414. The van der Waals surface area contributed by atoms with Gasteiger partial charge in [-0.1, -0.05) is 29.8 Å². The van der Waals surface area contributed by atoms with E-state index in [0.29, 0.717) is 29.4 Å². The van der Waals surface area contributed by atoms with Crippen LogP contribution < -0.4 is 4.90 Å². The Bertz CT molecular complexity index is 1310. The Morgan fingerprint density at radius 1 is 1.06 bits per heavy atom. The number of halogens is 1. The van der Waals surface area contributed by atoms with Crippen molar-refractivity contribution < 1.29 is 9.59 Å². The third kappa shape index (κ3) is 5.23. The number of hydrogen-bond acceptors (Lipinski definition) is 4. The Morgan fingerprint density at radius 2 is 1.89 bits per heavy atom. The summed E-state index contributed by atoms with van der Waals surface area (Å²) in [4.78, 5) is 35.7. The van der Waals surface area contributed by atoms with Crippen molar-refractivity contribution in [1.29, 1.82) is 0 Å². The Kier molecular flexibility index (Phi) is 6.83. The zero-order chi connectivity index (χ0) is 24.2. The Labute approximate surface area is 208 Å². The van der Waals surface area contributed by atoms with Gasteiger partial charge in [-0.2, -0.15) is 5.10 Å². The summed E-state index contributed by atoms with van der Waals surface area (Å²) in [5, 5.41) is 8.28. The highest BCUT2D eigenvalue weighted by atomic mass is 35.5. The minimum atomic E-state index is -0.262.